The Morgan fingerprint density at radius 1 is 1.29 bits per heavy atom. The van der Waals surface area contributed by atoms with Gasteiger partial charge in [0.1, 0.15) is 17.6 Å². The van der Waals surface area contributed by atoms with Crippen LogP contribution in [0.4, 0.5) is 0 Å². The average molecular weight is 240 g/mol. The smallest absolute Gasteiger partial charge is 0.335 e. The van der Waals surface area contributed by atoms with E-state index in [0.29, 0.717) is 18.1 Å². The summed E-state index contributed by atoms with van der Waals surface area (Å²) in [5, 5.41) is 8.93. The van der Waals surface area contributed by atoms with E-state index in [1.54, 1.807) is 13.2 Å². The minimum Gasteiger partial charge on any atom is -0.497 e. The summed E-state index contributed by atoms with van der Waals surface area (Å²) in [5.41, 5.74) is 0.129. The molecule has 0 amide bonds. The van der Waals surface area contributed by atoms with Gasteiger partial charge in [0.05, 0.1) is 19.3 Å². The number of benzene rings is 1. The lowest BCUT2D eigenvalue weighted by atomic mass is 10.2. The molecule has 0 aliphatic rings. The topological polar surface area (TPSA) is 65.0 Å². The highest BCUT2D eigenvalue weighted by molar-refractivity contribution is 5.88. The fourth-order valence-corrected chi connectivity index (χ4v) is 1.38. The van der Waals surface area contributed by atoms with Crippen LogP contribution in [0.15, 0.2) is 18.2 Å². The molecular formula is C12H16O5. The first-order chi connectivity index (χ1) is 8.06. The van der Waals surface area contributed by atoms with E-state index in [1.165, 1.54) is 19.2 Å². The van der Waals surface area contributed by atoms with Gasteiger partial charge >= 0.3 is 5.97 Å². The summed E-state index contributed by atoms with van der Waals surface area (Å²) >= 11 is 0. The maximum atomic E-state index is 10.9. The first kappa shape index (κ1) is 13.3. The Labute approximate surface area is 99.9 Å². The van der Waals surface area contributed by atoms with Crippen molar-refractivity contribution in [2.75, 3.05) is 20.8 Å². The molecule has 0 unspecified atom stereocenters. The first-order valence-electron chi connectivity index (χ1n) is 5.14. The van der Waals surface area contributed by atoms with Crippen molar-refractivity contribution in [1.82, 2.24) is 0 Å². The van der Waals surface area contributed by atoms with Gasteiger partial charge in [-0.15, -0.1) is 0 Å². The molecule has 1 aromatic carbocycles. The van der Waals surface area contributed by atoms with Crippen molar-refractivity contribution in [2.24, 2.45) is 0 Å². The summed E-state index contributed by atoms with van der Waals surface area (Å²) in [4.78, 5) is 10.9. The average Bonchev–Trinajstić information content (AvgIpc) is 2.28. The molecule has 5 heteroatoms. The van der Waals surface area contributed by atoms with Crippen molar-refractivity contribution in [2.45, 2.75) is 13.0 Å². The number of carboxylic acids is 1. The van der Waals surface area contributed by atoms with Crippen molar-refractivity contribution in [3.63, 3.8) is 0 Å². The van der Waals surface area contributed by atoms with Crippen LogP contribution in [-0.2, 0) is 4.74 Å². The number of carboxylic acid groups (broad SMARTS) is 1. The molecule has 1 rings (SSSR count). The predicted molar refractivity (Wildman–Crippen MR) is 61.9 cm³/mol. The third kappa shape index (κ3) is 3.96. The van der Waals surface area contributed by atoms with E-state index in [2.05, 4.69) is 0 Å². The quantitative estimate of drug-likeness (QED) is 0.821. The predicted octanol–water partition coefficient (Wildman–Crippen LogP) is 1.81. The molecule has 1 aromatic rings. The Morgan fingerprint density at radius 2 is 1.94 bits per heavy atom. The molecule has 17 heavy (non-hydrogen) atoms. The highest BCUT2D eigenvalue weighted by Gasteiger charge is 2.10. The van der Waals surface area contributed by atoms with Gasteiger partial charge in [0.2, 0.25) is 0 Å². The second-order valence-electron chi connectivity index (χ2n) is 3.59. The second-order valence-corrected chi connectivity index (χ2v) is 3.59. The molecule has 0 heterocycles. The first-order valence-corrected chi connectivity index (χ1v) is 5.14. The van der Waals surface area contributed by atoms with Crippen LogP contribution in [0.25, 0.3) is 0 Å². The number of methoxy groups -OCH3 is 2. The van der Waals surface area contributed by atoms with Gasteiger partial charge in [0.25, 0.3) is 0 Å². The lowest BCUT2D eigenvalue weighted by Gasteiger charge is -2.14. The summed E-state index contributed by atoms with van der Waals surface area (Å²) in [7, 11) is 3.05. The Morgan fingerprint density at radius 3 is 2.47 bits per heavy atom. The van der Waals surface area contributed by atoms with Gasteiger partial charge in [-0.25, -0.2) is 4.79 Å². The maximum absolute atomic E-state index is 10.9. The molecule has 1 atom stereocenters. The lowest BCUT2D eigenvalue weighted by Crippen LogP contribution is -2.18. The van der Waals surface area contributed by atoms with E-state index in [4.69, 9.17) is 19.3 Å². The van der Waals surface area contributed by atoms with Gasteiger partial charge in [0.15, 0.2) is 0 Å². The zero-order valence-corrected chi connectivity index (χ0v) is 10.1. The number of rotatable bonds is 6. The summed E-state index contributed by atoms with van der Waals surface area (Å²) < 4.78 is 15.5. The molecule has 0 saturated carbocycles. The SMILES string of the molecule is COC[C@H](C)Oc1cc(OC)cc(C(=O)O)c1. The molecule has 5 nitrogen and oxygen atoms in total. The van der Waals surface area contributed by atoms with Crippen molar-refractivity contribution in [3.05, 3.63) is 23.8 Å². The van der Waals surface area contributed by atoms with E-state index in [0.717, 1.165) is 0 Å². The molecule has 1 N–H and O–H groups in total. The zero-order valence-electron chi connectivity index (χ0n) is 10.1. The summed E-state index contributed by atoms with van der Waals surface area (Å²) in [5.74, 6) is -0.121. The molecule has 0 saturated heterocycles. The van der Waals surface area contributed by atoms with Crippen LogP contribution < -0.4 is 9.47 Å². The molecule has 0 aliphatic carbocycles. The third-order valence-corrected chi connectivity index (χ3v) is 2.10. The van der Waals surface area contributed by atoms with E-state index < -0.39 is 5.97 Å². The summed E-state index contributed by atoms with van der Waals surface area (Å²) in [6, 6.07) is 4.53. The Kier molecular flexibility index (Phi) is 4.78. The molecule has 0 aliphatic heterocycles. The van der Waals surface area contributed by atoms with Gasteiger partial charge in [-0.3, -0.25) is 0 Å². The van der Waals surface area contributed by atoms with Crippen LogP contribution in [0.5, 0.6) is 11.5 Å². The van der Waals surface area contributed by atoms with Gasteiger partial charge < -0.3 is 19.3 Å². The van der Waals surface area contributed by atoms with Crippen LogP contribution in [0.3, 0.4) is 0 Å². The number of carbonyl (C=O) groups is 1. The Hall–Kier alpha value is -1.75. The van der Waals surface area contributed by atoms with Crippen LogP contribution in [0.1, 0.15) is 17.3 Å². The van der Waals surface area contributed by atoms with Gasteiger partial charge in [0, 0.05) is 13.2 Å². The number of ether oxygens (including phenoxy) is 3. The second kappa shape index (κ2) is 6.10. The van der Waals surface area contributed by atoms with Crippen LogP contribution >= 0.6 is 0 Å². The minimum atomic E-state index is -1.02. The molecule has 0 aromatic heterocycles. The van der Waals surface area contributed by atoms with E-state index >= 15 is 0 Å². The van der Waals surface area contributed by atoms with E-state index in [9.17, 15) is 4.79 Å². The van der Waals surface area contributed by atoms with Crippen molar-refractivity contribution in [1.29, 1.82) is 0 Å². The van der Waals surface area contributed by atoms with Crippen LogP contribution in [0, 0.1) is 0 Å². The maximum Gasteiger partial charge on any atom is 0.335 e. The number of aromatic carboxylic acids is 1. The molecular weight excluding hydrogens is 224 g/mol. The molecule has 0 fully saturated rings. The van der Waals surface area contributed by atoms with Crippen molar-refractivity contribution < 1.29 is 24.1 Å². The fourth-order valence-electron chi connectivity index (χ4n) is 1.38. The monoisotopic (exact) mass is 240 g/mol. The van der Waals surface area contributed by atoms with Crippen LogP contribution in [0.2, 0.25) is 0 Å². The standard InChI is InChI=1S/C12H16O5/c1-8(7-15-2)17-11-5-9(12(13)14)4-10(6-11)16-3/h4-6,8H,7H2,1-3H3,(H,13,14)/t8-/m0/s1. The van der Waals surface area contributed by atoms with Crippen LogP contribution in [-0.4, -0.2) is 38.0 Å². The van der Waals surface area contributed by atoms with Gasteiger partial charge in [-0.2, -0.15) is 0 Å². The van der Waals surface area contributed by atoms with Crippen molar-refractivity contribution >= 4 is 5.97 Å². The molecule has 94 valence electrons. The zero-order chi connectivity index (χ0) is 12.8. The number of hydrogen-bond donors (Lipinski definition) is 1. The summed E-state index contributed by atoms with van der Waals surface area (Å²) in [6.07, 6.45) is -0.159. The number of hydrogen-bond acceptors (Lipinski definition) is 4. The normalized spacial score (nSPS) is 11.9. The molecule has 0 radical (unpaired) electrons. The van der Waals surface area contributed by atoms with Crippen molar-refractivity contribution in [3.8, 4) is 11.5 Å². The lowest BCUT2D eigenvalue weighted by molar-refractivity contribution is 0.0693. The Bertz CT molecular complexity index is 388. The van der Waals surface area contributed by atoms with Gasteiger partial charge in [-0.1, -0.05) is 0 Å². The van der Waals surface area contributed by atoms with Gasteiger partial charge in [-0.05, 0) is 19.1 Å². The largest absolute Gasteiger partial charge is 0.497 e. The summed E-state index contributed by atoms with van der Waals surface area (Å²) in [6.45, 7) is 2.27. The fraction of sp³-hybridized carbons (Fsp3) is 0.417. The van der Waals surface area contributed by atoms with E-state index in [1.807, 2.05) is 6.92 Å². The van der Waals surface area contributed by atoms with E-state index in [-0.39, 0.29) is 11.7 Å². The highest BCUT2D eigenvalue weighted by atomic mass is 16.5. The molecule has 0 bridgehead atoms. The highest BCUT2D eigenvalue weighted by Crippen LogP contribution is 2.23. The Balaban J connectivity index is 2.90. The molecule has 0 spiro atoms. The third-order valence-electron chi connectivity index (χ3n) is 2.10. The minimum absolute atomic E-state index is 0.129.